The van der Waals surface area contributed by atoms with Gasteiger partial charge in [-0.3, -0.25) is 4.79 Å². The zero-order valence-electron chi connectivity index (χ0n) is 12.8. The lowest BCUT2D eigenvalue weighted by atomic mass is 9.87. The molecule has 5 nitrogen and oxygen atoms in total. The number of benzene rings is 1. The number of aromatic hydroxyl groups is 1. The van der Waals surface area contributed by atoms with E-state index < -0.39 is 6.04 Å². The normalized spacial score (nSPS) is 13.2. The van der Waals surface area contributed by atoms with Gasteiger partial charge in [0.25, 0.3) is 5.56 Å². The van der Waals surface area contributed by atoms with Crippen LogP contribution in [-0.2, 0) is 0 Å². The molecule has 4 N–H and O–H groups in total. The zero-order chi connectivity index (χ0) is 15.8. The molecule has 112 valence electrons. The molecule has 0 fully saturated rings. The van der Waals surface area contributed by atoms with Gasteiger partial charge in [-0.15, -0.1) is 0 Å². The van der Waals surface area contributed by atoms with Crippen molar-refractivity contribution in [3.63, 3.8) is 0 Å². The molecule has 21 heavy (non-hydrogen) atoms. The average molecular weight is 287 g/mol. The quantitative estimate of drug-likeness (QED) is 0.791. The summed E-state index contributed by atoms with van der Waals surface area (Å²) in [7, 11) is 0. The molecule has 1 heterocycles. The Kier molecular flexibility index (Phi) is 3.87. The number of H-pyrrole nitrogens is 1. The van der Waals surface area contributed by atoms with Gasteiger partial charge in [-0.05, 0) is 17.9 Å². The SMILES string of the molecule is Cc1cccc(-c2c(O)nc(C(N)C(C)(C)C)[nH]c2=O)c1. The number of aromatic amines is 1. The van der Waals surface area contributed by atoms with Gasteiger partial charge in [0.15, 0.2) is 0 Å². The Labute approximate surface area is 123 Å². The van der Waals surface area contributed by atoms with Crippen LogP contribution < -0.4 is 11.3 Å². The Hall–Kier alpha value is -2.14. The van der Waals surface area contributed by atoms with Crippen molar-refractivity contribution in [3.05, 3.63) is 46.0 Å². The van der Waals surface area contributed by atoms with Gasteiger partial charge >= 0.3 is 0 Å². The van der Waals surface area contributed by atoms with Gasteiger partial charge in [0.2, 0.25) is 5.88 Å². The Balaban J connectivity index is 2.56. The van der Waals surface area contributed by atoms with Crippen LogP contribution >= 0.6 is 0 Å². The number of aromatic nitrogens is 2. The molecule has 0 saturated carbocycles. The van der Waals surface area contributed by atoms with Gasteiger partial charge in [-0.2, -0.15) is 4.98 Å². The summed E-state index contributed by atoms with van der Waals surface area (Å²) < 4.78 is 0. The smallest absolute Gasteiger partial charge is 0.262 e. The lowest BCUT2D eigenvalue weighted by Crippen LogP contribution is -2.30. The molecule has 0 aliphatic carbocycles. The second-order valence-electron chi connectivity index (χ2n) is 6.36. The van der Waals surface area contributed by atoms with Crippen LogP contribution in [0.4, 0.5) is 0 Å². The Morgan fingerprint density at radius 3 is 2.52 bits per heavy atom. The highest BCUT2D eigenvalue weighted by molar-refractivity contribution is 5.67. The summed E-state index contributed by atoms with van der Waals surface area (Å²) in [6.07, 6.45) is 0. The number of rotatable bonds is 2. The summed E-state index contributed by atoms with van der Waals surface area (Å²) in [5.41, 5.74) is 7.23. The van der Waals surface area contributed by atoms with E-state index in [2.05, 4.69) is 9.97 Å². The molecule has 2 aromatic rings. The molecule has 0 spiro atoms. The first-order chi connectivity index (χ1) is 9.70. The predicted molar refractivity (Wildman–Crippen MR) is 83.1 cm³/mol. The first kappa shape index (κ1) is 15.3. The lowest BCUT2D eigenvalue weighted by molar-refractivity contribution is 0.311. The van der Waals surface area contributed by atoms with E-state index in [9.17, 15) is 9.90 Å². The van der Waals surface area contributed by atoms with Crippen LogP contribution in [0.25, 0.3) is 11.1 Å². The predicted octanol–water partition coefficient (Wildman–Crippen LogP) is 2.50. The minimum absolute atomic E-state index is 0.170. The molecule has 2 rings (SSSR count). The largest absolute Gasteiger partial charge is 0.493 e. The maximum absolute atomic E-state index is 12.3. The molecule has 0 aliphatic rings. The average Bonchev–Trinajstić information content (AvgIpc) is 2.36. The van der Waals surface area contributed by atoms with E-state index in [1.54, 1.807) is 6.07 Å². The number of hydrogen-bond donors (Lipinski definition) is 3. The molecule has 1 atom stereocenters. The van der Waals surface area contributed by atoms with Gasteiger partial charge < -0.3 is 15.8 Å². The van der Waals surface area contributed by atoms with Crippen LogP contribution in [0.15, 0.2) is 29.1 Å². The fourth-order valence-corrected chi connectivity index (χ4v) is 2.10. The topological polar surface area (TPSA) is 92.0 Å². The summed E-state index contributed by atoms with van der Waals surface area (Å²) in [5.74, 6) is 0.000420. The van der Waals surface area contributed by atoms with Crippen molar-refractivity contribution in [2.45, 2.75) is 33.7 Å². The molecule has 0 amide bonds. The number of aryl methyl sites for hydroxylation is 1. The maximum Gasteiger partial charge on any atom is 0.262 e. The third-order valence-corrected chi connectivity index (χ3v) is 3.45. The van der Waals surface area contributed by atoms with Gasteiger partial charge in [0.05, 0.1) is 6.04 Å². The van der Waals surface area contributed by atoms with E-state index in [-0.39, 0.29) is 22.4 Å². The molecule has 1 unspecified atom stereocenters. The van der Waals surface area contributed by atoms with E-state index >= 15 is 0 Å². The number of nitrogens with zero attached hydrogens (tertiary/aromatic N) is 1. The summed E-state index contributed by atoms with van der Waals surface area (Å²) in [4.78, 5) is 19.1. The lowest BCUT2D eigenvalue weighted by Gasteiger charge is -2.26. The summed E-state index contributed by atoms with van der Waals surface area (Å²) in [6, 6.07) is 6.88. The van der Waals surface area contributed by atoms with Crippen molar-refractivity contribution in [3.8, 4) is 17.0 Å². The standard InChI is InChI=1S/C16H21N3O2/c1-9-6-5-7-10(8-9)11-14(20)18-13(19-15(11)21)12(17)16(2,3)4/h5-8,12H,17H2,1-4H3,(H2,18,19,20,21). The van der Waals surface area contributed by atoms with Crippen molar-refractivity contribution < 1.29 is 5.11 Å². The van der Waals surface area contributed by atoms with Gasteiger partial charge in [0.1, 0.15) is 11.4 Å². The van der Waals surface area contributed by atoms with Crippen LogP contribution in [0.5, 0.6) is 5.88 Å². The minimum Gasteiger partial charge on any atom is -0.493 e. The third kappa shape index (κ3) is 3.13. The highest BCUT2D eigenvalue weighted by Crippen LogP contribution is 2.30. The number of nitrogens with one attached hydrogen (secondary N) is 1. The van der Waals surface area contributed by atoms with Gasteiger partial charge in [-0.1, -0.05) is 50.6 Å². The molecule has 0 saturated heterocycles. The second-order valence-corrected chi connectivity index (χ2v) is 6.36. The van der Waals surface area contributed by atoms with E-state index in [1.807, 2.05) is 45.9 Å². The van der Waals surface area contributed by atoms with E-state index in [4.69, 9.17) is 5.73 Å². The highest BCUT2D eigenvalue weighted by Gasteiger charge is 2.26. The summed E-state index contributed by atoms with van der Waals surface area (Å²) >= 11 is 0. The van der Waals surface area contributed by atoms with Crippen molar-refractivity contribution in [1.29, 1.82) is 0 Å². The molecule has 5 heteroatoms. The molecular formula is C16H21N3O2. The van der Waals surface area contributed by atoms with E-state index in [0.717, 1.165) is 5.56 Å². The monoisotopic (exact) mass is 287 g/mol. The van der Waals surface area contributed by atoms with E-state index in [1.165, 1.54) is 0 Å². The fourth-order valence-electron chi connectivity index (χ4n) is 2.10. The molecule has 0 bridgehead atoms. The van der Waals surface area contributed by atoms with Crippen LogP contribution in [0.2, 0.25) is 0 Å². The number of nitrogens with two attached hydrogens (primary N) is 1. The molecule has 1 aromatic heterocycles. The van der Waals surface area contributed by atoms with Crippen molar-refractivity contribution in [2.24, 2.45) is 11.1 Å². The minimum atomic E-state index is -0.470. The van der Waals surface area contributed by atoms with Crippen LogP contribution in [-0.4, -0.2) is 15.1 Å². The van der Waals surface area contributed by atoms with Gasteiger partial charge in [-0.25, -0.2) is 0 Å². The Bertz CT molecular complexity index is 714. The zero-order valence-corrected chi connectivity index (χ0v) is 12.8. The Morgan fingerprint density at radius 2 is 2.00 bits per heavy atom. The van der Waals surface area contributed by atoms with Crippen LogP contribution in [0.1, 0.15) is 38.2 Å². The maximum atomic E-state index is 12.3. The highest BCUT2D eigenvalue weighted by atomic mass is 16.3. The Morgan fingerprint density at radius 1 is 1.33 bits per heavy atom. The fraction of sp³-hybridized carbons (Fsp3) is 0.375. The third-order valence-electron chi connectivity index (χ3n) is 3.45. The van der Waals surface area contributed by atoms with Crippen molar-refractivity contribution in [2.75, 3.05) is 0 Å². The van der Waals surface area contributed by atoms with E-state index in [0.29, 0.717) is 11.4 Å². The first-order valence-corrected chi connectivity index (χ1v) is 6.86. The summed E-state index contributed by atoms with van der Waals surface area (Å²) in [6.45, 7) is 7.77. The molecule has 1 aromatic carbocycles. The molecule has 0 aliphatic heterocycles. The van der Waals surface area contributed by atoms with Gasteiger partial charge in [0, 0.05) is 0 Å². The second kappa shape index (κ2) is 5.33. The molecule has 0 radical (unpaired) electrons. The van der Waals surface area contributed by atoms with Crippen LogP contribution in [0.3, 0.4) is 0 Å². The van der Waals surface area contributed by atoms with Crippen molar-refractivity contribution >= 4 is 0 Å². The first-order valence-electron chi connectivity index (χ1n) is 6.86. The van der Waals surface area contributed by atoms with Crippen LogP contribution in [0, 0.1) is 12.3 Å². The number of hydrogen-bond acceptors (Lipinski definition) is 4. The summed E-state index contributed by atoms with van der Waals surface area (Å²) in [5, 5.41) is 10.1. The molecular weight excluding hydrogens is 266 g/mol. The van der Waals surface area contributed by atoms with Crippen molar-refractivity contribution in [1.82, 2.24) is 9.97 Å².